The van der Waals surface area contributed by atoms with Crippen LogP contribution in [0.5, 0.6) is 5.75 Å². The van der Waals surface area contributed by atoms with E-state index in [0.29, 0.717) is 22.0 Å². The second-order valence-electron chi connectivity index (χ2n) is 4.18. The summed E-state index contributed by atoms with van der Waals surface area (Å²) in [6, 6.07) is 13.5. The zero-order valence-electron chi connectivity index (χ0n) is 10.8. The number of carbonyl (C=O) groups is 1. The minimum absolute atomic E-state index is 0.383. The lowest BCUT2D eigenvalue weighted by Gasteiger charge is -2.09. The first-order valence-corrected chi connectivity index (χ1v) is 6.55. The minimum Gasteiger partial charge on any atom is -0.421 e. The summed E-state index contributed by atoms with van der Waals surface area (Å²) in [5.74, 6) is -0.0834. The van der Waals surface area contributed by atoms with Gasteiger partial charge in [-0.2, -0.15) is 10.2 Å². The van der Waals surface area contributed by atoms with Crippen LogP contribution in [0, 0.1) is 0 Å². The monoisotopic (exact) mass is 299 g/mol. The number of hydrogen-bond acceptors (Lipinski definition) is 4. The van der Waals surface area contributed by atoms with Gasteiger partial charge in [-0.05, 0) is 36.4 Å². The normalized spacial score (nSPS) is 10.3. The van der Waals surface area contributed by atoms with Crippen LogP contribution in [0.25, 0.3) is 5.69 Å². The predicted molar refractivity (Wildman–Crippen MR) is 77.8 cm³/mol. The molecule has 0 atom stereocenters. The molecule has 0 radical (unpaired) electrons. The number of carbonyl (C=O) groups excluding carboxylic acids is 1. The van der Waals surface area contributed by atoms with Gasteiger partial charge in [-0.1, -0.05) is 23.7 Å². The number of para-hydroxylation sites is 2. The quantitative estimate of drug-likeness (QED) is 0.551. The summed E-state index contributed by atoms with van der Waals surface area (Å²) in [7, 11) is 0. The van der Waals surface area contributed by atoms with Gasteiger partial charge in [-0.15, -0.1) is 4.80 Å². The Balaban J connectivity index is 1.88. The summed E-state index contributed by atoms with van der Waals surface area (Å²) in [4.78, 5) is 13.5. The Bertz CT molecular complexity index is 755. The molecule has 0 saturated carbocycles. The van der Waals surface area contributed by atoms with Gasteiger partial charge in [0.2, 0.25) is 0 Å². The maximum absolute atomic E-state index is 12.1. The molecule has 0 unspecified atom stereocenters. The number of nitrogens with zero attached hydrogens (tertiary/aromatic N) is 3. The standard InChI is InChI=1S/C15H10ClN3O2/c16-12-7-5-11(6-8-12)15(20)21-14-4-2-1-3-13(14)19-17-9-10-18-19/h1-10H. The fraction of sp³-hybridized carbons (Fsp3) is 0. The molecule has 0 saturated heterocycles. The molecule has 1 aromatic heterocycles. The summed E-state index contributed by atoms with van der Waals surface area (Å²) in [5, 5.41) is 8.63. The van der Waals surface area contributed by atoms with Gasteiger partial charge in [0, 0.05) is 5.02 Å². The van der Waals surface area contributed by atoms with E-state index in [9.17, 15) is 4.79 Å². The van der Waals surface area contributed by atoms with E-state index in [1.165, 1.54) is 4.80 Å². The van der Waals surface area contributed by atoms with Crippen molar-refractivity contribution in [3.05, 3.63) is 71.5 Å². The second kappa shape index (κ2) is 5.76. The lowest BCUT2D eigenvalue weighted by molar-refractivity contribution is 0.0734. The smallest absolute Gasteiger partial charge is 0.343 e. The van der Waals surface area contributed by atoms with Crippen molar-refractivity contribution >= 4 is 17.6 Å². The average Bonchev–Trinajstić information content (AvgIpc) is 3.02. The predicted octanol–water partition coefficient (Wildman–Crippen LogP) is 3.14. The molecule has 2 aromatic carbocycles. The van der Waals surface area contributed by atoms with Crippen molar-refractivity contribution in [3.8, 4) is 11.4 Å². The van der Waals surface area contributed by atoms with Crippen LogP contribution in [0.15, 0.2) is 60.9 Å². The fourth-order valence-corrected chi connectivity index (χ4v) is 1.92. The molecule has 0 amide bonds. The zero-order chi connectivity index (χ0) is 14.7. The molecule has 0 fully saturated rings. The largest absolute Gasteiger partial charge is 0.421 e. The van der Waals surface area contributed by atoms with E-state index in [0.717, 1.165) is 0 Å². The molecule has 1 heterocycles. The van der Waals surface area contributed by atoms with Gasteiger partial charge in [-0.3, -0.25) is 0 Å². The molecule has 3 rings (SSSR count). The molecule has 0 bridgehead atoms. The van der Waals surface area contributed by atoms with E-state index in [4.69, 9.17) is 16.3 Å². The third kappa shape index (κ3) is 2.93. The highest BCUT2D eigenvalue weighted by Gasteiger charge is 2.13. The molecule has 6 heteroatoms. The molecule has 0 aliphatic rings. The summed E-state index contributed by atoms with van der Waals surface area (Å²) < 4.78 is 5.41. The molecule has 5 nitrogen and oxygen atoms in total. The molecule has 0 aliphatic carbocycles. The topological polar surface area (TPSA) is 57.0 Å². The first kappa shape index (κ1) is 13.3. The van der Waals surface area contributed by atoms with Crippen LogP contribution in [0.4, 0.5) is 0 Å². The first-order valence-electron chi connectivity index (χ1n) is 6.17. The van der Waals surface area contributed by atoms with Gasteiger partial charge in [0.1, 0.15) is 5.69 Å². The van der Waals surface area contributed by atoms with Gasteiger partial charge in [-0.25, -0.2) is 4.79 Å². The Hall–Kier alpha value is -2.66. The van der Waals surface area contributed by atoms with E-state index in [1.807, 2.05) is 6.07 Å². The summed E-state index contributed by atoms with van der Waals surface area (Å²) in [6.07, 6.45) is 3.11. The van der Waals surface area contributed by atoms with Gasteiger partial charge in [0.05, 0.1) is 18.0 Å². The maximum atomic E-state index is 12.1. The van der Waals surface area contributed by atoms with Crippen LogP contribution in [0.1, 0.15) is 10.4 Å². The Morgan fingerprint density at radius 2 is 1.67 bits per heavy atom. The minimum atomic E-state index is -0.466. The highest BCUT2D eigenvalue weighted by molar-refractivity contribution is 6.30. The van der Waals surface area contributed by atoms with Crippen LogP contribution in [-0.4, -0.2) is 21.0 Å². The van der Waals surface area contributed by atoms with Crippen molar-refractivity contribution in [2.45, 2.75) is 0 Å². The number of rotatable bonds is 3. The fourth-order valence-electron chi connectivity index (χ4n) is 1.79. The number of aromatic nitrogens is 3. The lowest BCUT2D eigenvalue weighted by Crippen LogP contribution is -2.11. The van der Waals surface area contributed by atoms with Crippen molar-refractivity contribution in [2.24, 2.45) is 0 Å². The number of benzene rings is 2. The molecular weight excluding hydrogens is 290 g/mol. The third-order valence-electron chi connectivity index (χ3n) is 2.78. The van der Waals surface area contributed by atoms with Crippen molar-refractivity contribution < 1.29 is 9.53 Å². The molecule has 0 N–H and O–H groups in total. The summed E-state index contributed by atoms with van der Waals surface area (Å²) >= 11 is 5.80. The first-order chi connectivity index (χ1) is 10.2. The van der Waals surface area contributed by atoms with Crippen molar-refractivity contribution in [1.29, 1.82) is 0 Å². The van der Waals surface area contributed by atoms with Gasteiger partial charge in [0.25, 0.3) is 0 Å². The Morgan fingerprint density at radius 1 is 1.00 bits per heavy atom. The number of halogens is 1. The third-order valence-corrected chi connectivity index (χ3v) is 3.03. The molecular formula is C15H10ClN3O2. The SMILES string of the molecule is O=C(Oc1ccccc1-n1nccn1)c1ccc(Cl)cc1. The van der Waals surface area contributed by atoms with Crippen LogP contribution >= 0.6 is 11.6 Å². The van der Waals surface area contributed by atoms with Crippen molar-refractivity contribution in [1.82, 2.24) is 15.0 Å². The Morgan fingerprint density at radius 3 is 2.38 bits per heavy atom. The van der Waals surface area contributed by atoms with Crippen molar-refractivity contribution in [2.75, 3.05) is 0 Å². The lowest BCUT2D eigenvalue weighted by atomic mass is 10.2. The highest BCUT2D eigenvalue weighted by Crippen LogP contribution is 2.22. The van der Waals surface area contributed by atoms with E-state index >= 15 is 0 Å². The van der Waals surface area contributed by atoms with E-state index in [2.05, 4.69) is 10.2 Å². The van der Waals surface area contributed by atoms with E-state index in [1.54, 1.807) is 54.9 Å². The highest BCUT2D eigenvalue weighted by atomic mass is 35.5. The van der Waals surface area contributed by atoms with Gasteiger partial charge >= 0.3 is 5.97 Å². The summed E-state index contributed by atoms with van der Waals surface area (Å²) in [5.41, 5.74) is 1.01. The number of hydrogen-bond donors (Lipinski definition) is 0. The second-order valence-corrected chi connectivity index (χ2v) is 4.62. The van der Waals surface area contributed by atoms with Gasteiger partial charge in [0.15, 0.2) is 5.75 Å². The number of esters is 1. The zero-order valence-corrected chi connectivity index (χ0v) is 11.6. The summed E-state index contributed by atoms with van der Waals surface area (Å²) in [6.45, 7) is 0. The molecule has 0 aliphatic heterocycles. The van der Waals surface area contributed by atoms with Crippen LogP contribution in [0.2, 0.25) is 5.02 Å². The number of ether oxygens (including phenoxy) is 1. The molecule has 3 aromatic rings. The average molecular weight is 300 g/mol. The van der Waals surface area contributed by atoms with E-state index in [-0.39, 0.29) is 0 Å². The molecule has 0 spiro atoms. The van der Waals surface area contributed by atoms with Crippen LogP contribution < -0.4 is 4.74 Å². The maximum Gasteiger partial charge on any atom is 0.343 e. The van der Waals surface area contributed by atoms with E-state index < -0.39 is 5.97 Å². The Labute approximate surface area is 125 Å². The Kier molecular flexibility index (Phi) is 3.66. The van der Waals surface area contributed by atoms with Gasteiger partial charge < -0.3 is 4.74 Å². The van der Waals surface area contributed by atoms with Crippen molar-refractivity contribution in [3.63, 3.8) is 0 Å². The molecule has 21 heavy (non-hydrogen) atoms. The molecule has 104 valence electrons. The van der Waals surface area contributed by atoms with Crippen LogP contribution in [-0.2, 0) is 0 Å². The van der Waals surface area contributed by atoms with Crippen LogP contribution in [0.3, 0.4) is 0 Å².